The van der Waals surface area contributed by atoms with Crippen LogP contribution in [0.4, 0.5) is 0 Å². The zero-order valence-corrected chi connectivity index (χ0v) is 21.2. The smallest absolute Gasteiger partial charge is 0.310 e. The Morgan fingerprint density at radius 3 is 1.89 bits per heavy atom. The molecule has 0 bridgehead atoms. The maximum Gasteiger partial charge on any atom is 0.310 e. The van der Waals surface area contributed by atoms with Gasteiger partial charge < -0.3 is 24.8 Å². The third kappa shape index (κ3) is 7.19. The molecule has 0 aliphatic heterocycles. The second-order valence-electron chi connectivity index (χ2n) is 11.7. The summed E-state index contributed by atoms with van der Waals surface area (Å²) >= 11 is 0. The van der Waals surface area contributed by atoms with Gasteiger partial charge in [0.2, 0.25) is 0 Å². The summed E-state index contributed by atoms with van der Waals surface area (Å²) in [6.07, 6.45) is 9.84. The highest BCUT2D eigenvalue weighted by Gasteiger charge is 2.41. The third-order valence-electron chi connectivity index (χ3n) is 9.39. The van der Waals surface area contributed by atoms with Crippen LogP contribution >= 0.6 is 0 Å². The van der Waals surface area contributed by atoms with Crippen molar-refractivity contribution in [2.45, 2.75) is 120 Å². The maximum absolute atomic E-state index is 12.7. The number of carbonyl (C=O) groups is 2. The van der Waals surface area contributed by atoms with E-state index in [-0.39, 0.29) is 43.4 Å². The third-order valence-corrected chi connectivity index (χ3v) is 9.39. The fraction of sp³-hybridized carbons (Fsp3) is 0.926. The van der Waals surface area contributed by atoms with Gasteiger partial charge in [-0.25, -0.2) is 4.89 Å². The molecule has 0 spiro atoms. The van der Waals surface area contributed by atoms with Crippen molar-refractivity contribution in [1.29, 1.82) is 0 Å². The van der Waals surface area contributed by atoms with Crippen LogP contribution in [0.25, 0.3) is 0 Å². The van der Waals surface area contributed by atoms with Crippen LogP contribution in [-0.2, 0) is 24.0 Å². The summed E-state index contributed by atoms with van der Waals surface area (Å²) in [5.41, 5.74) is 0. The molecule has 0 aromatic heterocycles. The van der Waals surface area contributed by atoms with Crippen LogP contribution in [0.15, 0.2) is 0 Å². The van der Waals surface area contributed by atoms with E-state index < -0.39 is 29.9 Å². The minimum absolute atomic E-state index is 0.0708. The predicted octanol–water partition coefficient (Wildman–Crippen LogP) is 3.54. The lowest BCUT2D eigenvalue weighted by Gasteiger charge is -2.40. The summed E-state index contributed by atoms with van der Waals surface area (Å²) in [6, 6.07) is 0. The summed E-state index contributed by atoms with van der Waals surface area (Å²) in [5.74, 6) is -1.59. The molecule has 0 aromatic carbocycles. The Bertz CT molecular complexity index is 714. The van der Waals surface area contributed by atoms with Crippen molar-refractivity contribution in [3.05, 3.63) is 0 Å². The van der Waals surface area contributed by atoms with Gasteiger partial charge in [-0.1, -0.05) is 0 Å². The van der Waals surface area contributed by atoms with Crippen molar-refractivity contribution in [3.63, 3.8) is 0 Å². The highest BCUT2D eigenvalue weighted by molar-refractivity contribution is 5.81. The topological polar surface area (TPSA) is 143 Å². The zero-order valence-electron chi connectivity index (χ0n) is 21.2. The van der Waals surface area contributed by atoms with E-state index in [0.717, 1.165) is 64.2 Å². The van der Waals surface area contributed by atoms with Crippen LogP contribution < -0.4 is 0 Å². The van der Waals surface area contributed by atoms with Crippen molar-refractivity contribution in [2.24, 2.45) is 29.6 Å². The molecule has 4 saturated carbocycles. The summed E-state index contributed by atoms with van der Waals surface area (Å²) in [7, 11) is 0. The molecule has 4 fully saturated rings. The first-order valence-corrected chi connectivity index (χ1v) is 14.0. The van der Waals surface area contributed by atoms with Crippen molar-refractivity contribution in [2.75, 3.05) is 6.61 Å². The molecular formula is C27H44O9. The van der Waals surface area contributed by atoms with Gasteiger partial charge >= 0.3 is 11.9 Å². The van der Waals surface area contributed by atoms with E-state index in [1.165, 1.54) is 0 Å². The molecule has 36 heavy (non-hydrogen) atoms. The van der Waals surface area contributed by atoms with E-state index in [2.05, 4.69) is 4.89 Å². The lowest BCUT2D eigenvalue weighted by Crippen LogP contribution is -2.41. The molecule has 0 saturated heterocycles. The summed E-state index contributed by atoms with van der Waals surface area (Å²) in [5, 5.41) is 38.3. The number of rotatable bonds is 8. The first-order chi connectivity index (χ1) is 17.3. The highest BCUT2D eigenvalue weighted by Crippen LogP contribution is 2.41. The van der Waals surface area contributed by atoms with Crippen molar-refractivity contribution in [1.82, 2.24) is 0 Å². The van der Waals surface area contributed by atoms with E-state index in [1.54, 1.807) is 0 Å². The molecule has 4 aliphatic carbocycles. The van der Waals surface area contributed by atoms with E-state index in [0.29, 0.717) is 31.1 Å². The molecule has 9 nitrogen and oxygen atoms in total. The summed E-state index contributed by atoms with van der Waals surface area (Å²) in [4.78, 5) is 28.7. The average Bonchev–Trinajstić information content (AvgIpc) is 2.86. The maximum atomic E-state index is 12.7. The molecular weight excluding hydrogens is 468 g/mol. The van der Waals surface area contributed by atoms with Crippen LogP contribution in [0.5, 0.6) is 0 Å². The van der Waals surface area contributed by atoms with Gasteiger partial charge in [0.15, 0.2) is 0 Å². The van der Waals surface area contributed by atoms with Gasteiger partial charge in [0.1, 0.15) is 6.10 Å². The molecule has 4 N–H and O–H groups in total. The van der Waals surface area contributed by atoms with Crippen molar-refractivity contribution >= 4 is 11.9 Å². The Hall–Kier alpha value is -1.26. The molecule has 4 rings (SSSR count). The van der Waals surface area contributed by atoms with Crippen molar-refractivity contribution in [3.8, 4) is 0 Å². The summed E-state index contributed by atoms with van der Waals surface area (Å²) < 4.78 is 12.1. The number of aliphatic hydroxyl groups is 2. The number of hydrogen-bond donors (Lipinski definition) is 4. The number of carbonyl (C=O) groups excluding carboxylic acids is 1. The van der Waals surface area contributed by atoms with Gasteiger partial charge in [-0.2, -0.15) is 0 Å². The lowest BCUT2D eigenvalue weighted by atomic mass is 9.72. The van der Waals surface area contributed by atoms with E-state index in [1.807, 2.05) is 0 Å². The Labute approximate surface area is 213 Å². The molecule has 0 aromatic rings. The zero-order chi connectivity index (χ0) is 25.7. The van der Waals surface area contributed by atoms with Gasteiger partial charge in [-0.15, -0.1) is 0 Å². The average molecular weight is 513 g/mol. The monoisotopic (exact) mass is 512 g/mol. The minimum Gasteiger partial charge on any atom is -0.481 e. The summed E-state index contributed by atoms with van der Waals surface area (Å²) in [6.45, 7) is 0.249. The van der Waals surface area contributed by atoms with Gasteiger partial charge in [0.05, 0.1) is 42.9 Å². The second-order valence-corrected chi connectivity index (χ2v) is 11.7. The largest absolute Gasteiger partial charge is 0.481 e. The predicted molar refractivity (Wildman–Crippen MR) is 129 cm³/mol. The number of hydrogen-bond acceptors (Lipinski definition) is 8. The Kier molecular flexibility index (Phi) is 10.0. The van der Waals surface area contributed by atoms with Crippen molar-refractivity contribution < 1.29 is 44.5 Å². The van der Waals surface area contributed by atoms with E-state index >= 15 is 0 Å². The lowest BCUT2D eigenvalue weighted by molar-refractivity contribution is -0.262. The van der Waals surface area contributed by atoms with Gasteiger partial charge in [0.25, 0.3) is 0 Å². The minimum atomic E-state index is -0.982. The number of ether oxygens (including phenoxy) is 2. The SMILES string of the molecule is O=C(O)C1CCC(O)CC1C(=O)OC1CCC(C2CCC(OC3CC(O)CCC3COO)CC2)CC1. The fourth-order valence-electron chi connectivity index (χ4n) is 7.20. The molecule has 0 heterocycles. The molecule has 4 aliphatic rings. The number of carboxylic acids is 1. The number of aliphatic hydroxyl groups excluding tert-OH is 2. The number of aliphatic carboxylic acids is 1. The Morgan fingerprint density at radius 2 is 1.28 bits per heavy atom. The first-order valence-electron chi connectivity index (χ1n) is 14.0. The Balaban J connectivity index is 1.18. The van der Waals surface area contributed by atoms with Gasteiger partial charge in [-0.05, 0) is 102 Å². The quantitative estimate of drug-likeness (QED) is 0.218. The number of esters is 1. The molecule has 206 valence electrons. The van der Waals surface area contributed by atoms with Crippen LogP contribution in [0.3, 0.4) is 0 Å². The van der Waals surface area contributed by atoms with Gasteiger partial charge in [0, 0.05) is 5.92 Å². The molecule has 0 radical (unpaired) electrons. The fourth-order valence-corrected chi connectivity index (χ4v) is 7.20. The molecule has 0 amide bonds. The van der Waals surface area contributed by atoms with Crippen LogP contribution in [0.2, 0.25) is 0 Å². The van der Waals surface area contributed by atoms with Crippen LogP contribution in [0.1, 0.15) is 89.9 Å². The molecule has 6 unspecified atom stereocenters. The molecule has 9 heteroatoms. The number of carboxylic acid groups (broad SMARTS) is 1. The standard InChI is InChI=1S/C27H44O9/c28-19-7-12-23(26(30)31)24(13-19)27(32)36-22-10-4-17(5-11-22)16-2-8-21(9-3-16)35-25-14-20(29)6-1-18(25)15-34-33/h16-25,28-29,33H,1-15H2,(H,30,31). The highest BCUT2D eigenvalue weighted by atomic mass is 17.1. The van der Waals surface area contributed by atoms with E-state index in [4.69, 9.17) is 14.7 Å². The van der Waals surface area contributed by atoms with Crippen LogP contribution in [-0.4, -0.2) is 69.6 Å². The first kappa shape index (κ1) is 27.8. The van der Waals surface area contributed by atoms with Crippen LogP contribution in [0, 0.1) is 29.6 Å². The normalized spacial score (nSPS) is 42.0. The van der Waals surface area contributed by atoms with E-state index in [9.17, 15) is 24.9 Å². The Morgan fingerprint density at radius 1 is 0.694 bits per heavy atom. The second kappa shape index (κ2) is 13.0. The molecule has 6 atom stereocenters. The van der Waals surface area contributed by atoms with Gasteiger partial charge in [-0.3, -0.25) is 14.8 Å².